The molecule has 0 aliphatic carbocycles. The number of rotatable bonds is 8. The van der Waals surface area contributed by atoms with E-state index in [1.54, 1.807) is 12.1 Å². The third kappa shape index (κ3) is 5.74. The molecule has 5 heteroatoms. The first kappa shape index (κ1) is 16.7. The van der Waals surface area contributed by atoms with Gasteiger partial charge in [-0.3, -0.25) is 4.79 Å². The Labute approximate surface area is 125 Å². The summed E-state index contributed by atoms with van der Waals surface area (Å²) in [5.74, 6) is 0.573. The molecule has 0 fully saturated rings. The van der Waals surface area contributed by atoms with Crippen LogP contribution in [0.15, 0.2) is 18.2 Å². The highest BCUT2D eigenvalue weighted by molar-refractivity contribution is 7.96. The zero-order valence-electron chi connectivity index (χ0n) is 12.1. The van der Waals surface area contributed by atoms with Gasteiger partial charge >= 0.3 is 0 Å². The number of hydrogen-bond acceptors (Lipinski definition) is 3. The van der Waals surface area contributed by atoms with Crippen LogP contribution >= 0.6 is 12.6 Å². The number of ether oxygens (including phenoxy) is 1. The second kappa shape index (κ2) is 8.74. The summed E-state index contributed by atoms with van der Waals surface area (Å²) in [5.41, 5.74) is 1.02. The zero-order valence-corrected chi connectivity index (χ0v) is 13.0. The Bertz CT molecular complexity index is 437. The smallest absolute Gasteiger partial charge is 0.276 e. The summed E-state index contributed by atoms with van der Waals surface area (Å²) in [7, 11) is 1.52. The SMILES string of the molecule is CCCCCC(Cc1ccc(O)c(OC)c1)NC(=O)S. The lowest BCUT2D eigenvalue weighted by Crippen LogP contribution is -2.33. The number of thiol groups is 1. The van der Waals surface area contributed by atoms with Gasteiger partial charge in [0.1, 0.15) is 0 Å². The van der Waals surface area contributed by atoms with Crippen LogP contribution in [0.1, 0.15) is 38.2 Å². The van der Waals surface area contributed by atoms with Crippen LogP contribution in [0, 0.1) is 0 Å². The maximum Gasteiger partial charge on any atom is 0.276 e. The number of phenolic OH excluding ortho intramolecular Hbond substituents is 1. The number of carbonyl (C=O) groups is 1. The second-order valence-electron chi connectivity index (χ2n) is 4.85. The number of nitrogens with one attached hydrogen (secondary N) is 1. The minimum absolute atomic E-state index is 0.0563. The maximum atomic E-state index is 11.1. The van der Waals surface area contributed by atoms with Crippen LogP contribution in [0.4, 0.5) is 4.79 Å². The summed E-state index contributed by atoms with van der Waals surface area (Å²) >= 11 is 3.79. The molecule has 0 radical (unpaired) electrons. The molecule has 1 rings (SSSR count). The van der Waals surface area contributed by atoms with Gasteiger partial charge in [-0.15, -0.1) is 0 Å². The lowest BCUT2D eigenvalue weighted by molar-refractivity contribution is 0.256. The van der Waals surface area contributed by atoms with E-state index in [4.69, 9.17) is 4.74 Å². The van der Waals surface area contributed by atoms with Crippen LogP contribution in [-0.2, 0) is 6.42 Å². The number of methoxy groups -OCH3 is 1. The highest BCUT2D eigenvalue weighted by Gasteiger charge is 2.12. The fourth-order valence-corrected chi connectivity index (χ4v) is 2.36. The molecule has 1 atom stereocenters. The predicted octanol–water partition coefficient (Wildman–Crippen LogP) is 3.53. The molecule has 0 saturated heterocycles. The largest absolute Gasteiger partial charge is 0.504 e. The Balaban J connectivity index is 2.69. The van der Waals surface area contributed by atoms with Gasteiger partial charge in [0.2, 0.25) is 0 Å². The van der Waals surface area contributed by atoms with Crippen molar-refractivity contribution >= 4 is 17.9 Å². The number of aromatic hydroxyl groups is 1. The van der Waals surface area contributed by atoms with Crippen LogP contribution in [0.25, 0.3) is 0 Å². The van der Waals surface area contributed by atoms with Crippen molar-refractivity contribution < 1.29 is 14.6 Å². The van der Waals surface area contributed by atoms with Gasteiger partial charge in [-0.05, 0) is 30.5 Å². The second-order valence-corrected chi connectivity index (χ2v) is 5.26. The van der Waals surface area contributed by atoms with Gasteiger partial charge in [0.25, 0.3) is 5.24 Å². The van der Waals surface area contributed by atoms with Gasteiger partial charge in [-0.1, -0.05) is 44.9 Å². The first-order valence-corrected chi connectivity index (χ1v) is 7.36. The first-order valence-electron chi connectivity index (χ1n) is 6.92. The van der Waals surface area contributed by atoms with E-state index in [0.29, 0.717) is 12.2 Å². The molecule has 1 amide bonds. The van der Waals surface area contributed by atoms with E-state index in [2.05, 4.69) is 24.9 Å². The molecule has 20 heavy (non-hydrogen) atoms. The molecule has 0 saturated carbocycles. The van der Waals surface area contributed by atoms with Crippen molar-refractivity contribution in [3.8, 4) is 11.5 Å². The minimum atomic E-state index is -0.308. The molecule has 112 valence electrons. The van der Waals surface area contributed by atoms with Crippen LogP contribution in [0.5, 0.6) is 11.5 Å². The van der Waals surface area contributed by atoms with Crippen molar-refractivity contribution in [3.05, 3.63) is 23.8 Å². The minimum Gasteiger partial charge on any atom is -0.504 e. The van der Waals surface area contributed by atoms with Gasteiger partial charge < -0.3 is 15.2 Å². The zero-order chi connectivity index (χ0) is 15.0. The Hall–Kier alpha value is -1.36. The predicted molar refractivity (Wildman–Crippen MR) is 83.8 cm³/mol. The summed E-state index contributed by atoms with van der Waals surface area (Å²) in [6.07, 6.45) is 4.99. The lowest BCUT2D eigenvalue weighted by atomic mass is 10.00. The third-order valence-electron chi connectivity index (χ3n) is 3.21. The van der Waals surface area contributed by atoms with E-state index >= 15 is 0 Å². The fourth-order valence-electron chi connectivity index (χ4n) is 2.17. The van der Waals surface area contributed by atoms with Gasteiger partial charge in [0, 0.05) is 6.04 Å². The first-order chi connectivity index (χ1) is 9.56. The van der Waals surface area contributed by atoms with Crippen molar-refractivity contribution in [1.82, 2.24) is 5.32 Å². The molecule has 0 spiro atoms. The van der Waals surface area contributed by atoms with Crippen LogP contribution in [-0.4, -0.2) is 23.5 Å². The van der Waals surface area contributed by atoms with Crippen LogP contribution in [0.3, 0.4) is 0 Å². The van der Waals surface area contributed by atoms with Gasteiger partial charge in [0.05, 0.1) is 7.11 Å². The molecule has 0 aliphatic rings. The van der Waals surface area contributed by atoms with Gasteiger partial charge in [-0.25, -0.2) is 0 Å². The molecule has 1 unspecified atom stereocenters. The number of carbonyl (C=O) groups excluding carboxylic acids is 1. The van der Waals surface area contributed by atoms with E-state index in [0.717, 1.165) is 31.2 Å². The Morgan fingerprint density at radius 2 is 2.20 bits per heavy atom. The van der Waals surface area contributed by atoms with E-state index in [1.807, 2.05) is 6.07 Å². The van der Waals surface area contributed by atoms with E-state index in [-0.39, 0.29) is 17.0 Å². The number of unbranched alkanes of at least 4 members (excludes halogenated alkanes) is 2. The number of amides is 1. The summed E-state index contributed by atoms with van der Waals surface area (Å²) in [6, 6.07) is 5.31. The normalized spacial score (nSPS) is 11.9. The standard InChI is InChI=1S/C15H23NO3S/c1-3-4-5-6-12(16-15(18)20)9-11-7-8-13(17)14(10-11)19-2/h7-8,10,12,17H,3-6,9H2,1-2H3,(H2,16,18,20). The van der Waals surface area contributed by atoms with Crippen molar-refractivity contribution in [3.63, 3.8) is 0 Å². The summed E-state index contributed by atoms with van der Waals surface area (Å²) < 4.78 is 5.09. The number of phenols is 1. The summed E-state index contributed by atoms with van der Waals surface area (Å²) in [5, 5.41) is 12.1. The van der Waals surface area contributed by atoms with E-state index < -0.39 is 0 Å². The van der Waals surface area contributed by atoms with Crippen molar-refractivity contribution in [2.24, 2.45) is 0 Å². The Morgan fingerprint density at radius 1 is 1.45 bits per heavy atom. The van der Waals surface area contributed by atoms with Crippen molar-refractivity contribution in [1.29, 1.82) is 0 Å². The van der Waals surface area contributed by atoms with Crippen LogP contribution in [0.2, 0.25) is 0 Å². The maximum absolute atomic E-state index is 11.1. The Morgan fingerprint density at radius 3 is 2.80 bits per heavy atom. The third-order valence-corrected chi connectivity index (χ3v) is 3.34. The molecule has 4 nitrogen and oxygen atoms in total. The van der Waals surface area contributed by atoms with Gasteiger partial charge in [0.15, 0.2) is 11.5 Å². The number of benzene rings is 1. The molecule has 1 aromatic carbocycles. The molecule has 1 aromatic rings. The monoisotopic (exact) mass is 297 g/mol. The highest BCUT2D eigenvalue weighted by Crippen LogP contribution is 2.27. The average molecular weight is 297 g/mol. The molecule has 2 N–H and O–H groups in total. The molecule has 0 aliphatic heterocycles. The van der Waals surface area contributed by atoms with E-state index in [9.17, 15) is 9.90 Å². The molecule has 0 bridgehead atoms. The quantitative estimate of drug-likeness (QED) is 0.508. The summed E-state index contributed by atoms with van der Waals surface area (Å²) in [6.45, 7) is 2.15. The summed E-state index contributed by atoms with van der Waals surface area (Å²) in [4.78, 5) is 11.1. The van der Waals surface area contributed by atoms with Gasteiger partial charge in [-0.2, -0.15) is 0 Å². The topological polar surface area (TPSA) is 58.6 Å². The van der Waals surface area contributed by atoms with Crippen molar-refractivity contribution in [2.45, 2.75) is 45.1 Å². The van der Waals surface area contributed by atoms with E-state index in [1.165, 1.54) is 7.11 Å². The lowest BCUT2D eigenvalue weighted by Gasteiger charge is -2.18. The molecular formula is C15H23NO3S. The Kier molecular flexibility index (Phi) is 7.30. The fraction of sp³-hybridized carbons (Fsp3) is 0.533. The van der Waals surface area contributed by atoms with Crippen LogP contribution < -0.4 is 10.1 Å². The molecule has 0 aromatic heterocycles. The average Bonchev–Trinajstić information content (AvgIpc) is 2.40. The molecular weight excluding hydrogens is 274 g/mol. The molecule has 0 heterocycles. The van der Waals surface area contributed by atoms with Crippen molar-refractivity contribution in [2.75, 3.05) is 7.11 Å². The number of hydrogen-bond donors (Lipinski definition) is 3. The highest BCUT2D eigenvalue weighted by atomic mass is 32.1.